The van der Waals surface area contributed by atoms with Crippen LogP contribution in [-0.4, -0.2) is 0 Å². The Labute approximate surface area is 432 Å². The third-order valence-electron chi connectivity index (χ3n) is 15.9. The summed E-state index contributed by atoms with van der Waals surface area (Å²) >= 11 is 0. The van der Waals surface area contributed by atoms with Crippen molar-refractivity contribution in [3.63, 3.8) is 0 Å². The summed E-state index contributed by atoms with van der Waals surface area (Å²) in [7, 11) is 0. The lowest BCUT2D eigenvalue weighted by atomic mass is 9.67. The van der Waals surface area contributed by atoms with E-state index < -0.39 is 5.41 Å². The zero-order valence-electron chi connectivity index (χ0n) is 40.8. The third-order valence-corrected chi connectivity index (χ3v) is 15.9. The minimum Gasteiger partial charge on any atom is -0.455 e. The van der Waals surface area contributed by atoms with E-state index in [-0.39, 0.29) is 5.92 Å². The molecule has 14 rings (SSSR count). The fraction of sp³-hybridized carbons (Fsp3) is 0.0411. The van der Waals surface area contributed by atoms with Crippen LogP contribution >= 0.6 is 0 Å². The van der Waals surface area contributed by atoms with Gasteiger partial charge in [-0.05, 0) is 101 Å². The number of fused-ring (bicyclic) bond motifs is 7. The summed E-state index contributed by atoms with van der Waals surface area (Å²) in [6, 6.07) is 105. The first kappa shape index (κ1) is 43.5. The molecule has 1 heterocycles. The first-order valence-electron chi connectivity index (χ1n) is 25.8. The van der Waals surface area contributed by atoms with E-state index in [9.17, 15) is 0 Å². The Kier molecular flexibility index (Phi) is 10.6. The van der Waals surface area contributed by atoms with Crippen molar-refractivity contribution in [3.05, 3.63) is 324 Å². The molecule has 0 radical (unpaired) electrons. The van der Waals surface area contributed by atoms with Gasteiger partial charge in [-0.25, -0.2) is 0 Å². The molecule has 0 aliphatic heterocycles. The van der Waals surface area contributed by atoms with Crippen LogP contribution in [0.1, 0.15) is 44.9 Å². The molecule has 74 heavy (non-hydrogen) atoms. The molecule has 1 heteroatoms. The van der Waals surface area contributed by atoms with Crippen molar-refractivity contribution in [2.45, 2.75) is 17.8 Å². The van der Waals surface area contributed by atoms with Gasteiger partial charge in [-0.1, -0.05) is 285 Å². The Hall–Kier alpha value is -9.30. The number of hydrogen-bond donors (Lipinski definition) is 0. The molecule has 0 amide bonds. The van der Waals surface area contributed by atoms with Gasteiger partial charge in [-0.15, -0.1) is 0 Å². The van der Waals surface area contributed by atoms with Crippen LogP contribution < -0.4 is 0 Å². The van der Waals surface area contributed by atoms with Crippen LogP contribution in [0.4, 0.5) is 0 Å². The molecule has 1 aromatic heterocycles. The van der Waals surface area contributed by atoms with Gasteiger partial charge in [0.25, 0.3) is 0 Å². The molecule has 1 aliphatic rings. The Morgan fingerprint density at radius 2 is 0.689 bits per heavy atom. The Morgan fingerprint density at radius 3 is 1.27 bits per heavy atom. The van der Waals surface area contributed by atoms with Crippen molar-refractivity contribution >= 4 is 32.7 Å². The van der Waals surface area contributed by atoms with Crippen LogP contribution in [0.2, 0.25) is 0 Å². The fourth-order valence-electron chi connectivity index (χ4n) is 12.4. The van der Waals surface area contributed by atoms with E-state index in [1.165, 1.54) is 88.7 Å². The molecule has 13 aromatic rings. The molecule has 1 nitrogen and oxygen atoms in total. The standard InChI is InChI=1S/C73H50O/c1-4-18-49(19-5-1)51-34-38-54(39-35-51)68(55-40-36-52(37-41-55)50-20-6-2-7-21-50)48-56-44-47-62(61-25-11-10-24-59(56)61)65-29-17-31-67-66-30-16-28-60(71(66)74-72(65)67)53-42-45-58(46-43-53)73(57-22-8-3-9-23-57)69-32-14-12-26-63(69)64-27-13-15-33-70(64)73/h1-47,68H,48H2. The van der Waals surface area contributed by atoms with Gasteiger partial charge >= 0.3 is 0 Å². The zero-order valence-corrected chi connectivity index (χ0v) is 40.8. The predicted octanol–water partition coefficient (Wildman–Crippen LogP) is 19.1. The third kappa shape index (κ3) is 7.15. The number of benzene rings is 12. The second kappa shape index (κ2) is 18.1. The molecule has 0 unspecified atom stereocenters. The van der Waals surface area contributed by atoms with E-state index in [1.54, 1.807) is 0 Å². The minimum atomic E-state index is -0.450. The first-order chi connectivity index (χ1) is 36.7. The molecular weight excluding hydrogens is 893 g/mol. The molecule has 0 fully saturated rings. The lowest BCUT2D eigenvalue weighted by Gasteiger charge is -2.34. The SMILES string of the molecule is c1ccc(-c2ccc(C(Cc3ccc(-c4cccc5c4oc4c(-c6ccc(C7(c8ccccc8)c8ccccc8-c8ccccc87)cc6)cccc45)c4ccccc34)c3ccc(-c4ccccc4)cc3)cc2)cc1. The summed E-state index contributed by atoms with van der Waals surface area (Å²) in [5, 5.41) is 4.70. The van der Waals surface area contributed by atoms with Gasteiger partial charge < -0.3 is 4.42 Å². The summed E-state index contributed by atoms with van der Waals surface area (Å²) in [6.45, 7) is 0. The second-order valence-electron chi connectivity index (χ2n) is 19.8. The van der Waals surface area contributed by atoms with Gasteiger partial charge in [-0.3, -0.25) is 0 Å². The summed E-state index contributed by atoms with van der Waals surface area (Å²) in [5.74, 6) is 0.138. The maximum atomic E-state index is 7.18. The lowest BCUT2D eigenvalue weighted by Crippen LogP contribution is -2.28. The number of para-hydroxylation sites is 2. The monoisotopic (exact) mass is 942 g/mol. The van der Waals surface area contributed by atoms with Crippen molar-refractivity contribution in [2.24, 2.45) is 0 Å². The van der Waals surface area contributed by atoms with Gasteiger partial charge in [0.15, 0.2) is 0 Å². The van der Waals surface area contributed by atoms with Gasteiger partial charge in [-0.2, -0.15) is 0 Å². The van der Waals surface area contributed by atoms with Gasteiger partial charge in [0, 0.05) is 27.8 Å². The van der Waals surface area contributed by atoms with Crippen LogP contribution in [0, 0.1) is 0 Å². The number of furan rings is 1. The fourth-order valence-corrected chi connectivity index (χ4v) is 12.4. The largest absolute Gasteiger partial charge is 0.455 e. The van der Waals surface area contributed by atoms with Gasteiger partial charge in [0.05, 0.1) is 5.41 Å². The normalized spacial score (nSPS) is 12.6. The van der Waals surface area contributed by atoms with E-state index in [0.29, 0.717) is 0 Å². The van der Waals surface area contributed by atoms with Crippen molar-refractivity contribution < 1.29 is 4.42 Å². The molecule has 0 saturated heterocycles. The van der Waals surface area contributed by atoms with Crippen LogP contribution in [0.5, 0.6) is 0 Å². The highest BCUT2D eigenvalue weighted by Crippen LogP contribution is 2.56. The Balaban J connectivity index is 0.846. The average Bonchev–Trinajstić information content (AvgIpc) is 4.02. The van der Waals surface area contributed by atoms with Crippen molar-refractivity contribution in [1.29, 1.82) is 0 Å². The molecule has 348 valence electrons. The van der Waals surface area contributed by atoms with E-state index in [0.717, 1.165) is 45.0 Å². The summed E-state index contributed by atoms with van der Waals surface area (Å²) in [6.07, 6.45) is 0.846. The quantitative estimate of drug-likeness (QED) is 0.133. The van der Waals surface area contributed by atoms with E-state index in [2.05, 4.69) is 285 Å². The van der Waals surface area contributed by atoms with Crippen LogP contribution in [-0.2, 0) is 11.8 Å². The maximum absolute atomic E-state index is 7.18. The highest BCUT2D eigenvalue weighted by Gasteiger charge is 2.45. The van der Waals surface area contributed by atoms with Crippen molar-refractivity contribution in [1.82, 2.24) is 0 Å². The summed E-state index contributed by atoms with van der Waals surface area (Å²) in [4.78, 5) is 0. The molecule has 1 aliphatic carbocycles. The number of rotatable bonds is 10. The molecule has 0 spiro atoms. The highest BCUT2D eigenvalue weighted by atomic mass is 16.3. The molecule has 0 atom stereocenters. The van der Waals surface area contributed by atoms with Crippen LogP contribution in [0.25, 0.3) is 88.3 Å². The second-order valence-corrected chi connectivity index (χ2v) is 19.8. The predicted molar refractivity (Wildman–Crippen MR) is 309 cm³/mol. The zero-order chi connectivity index (χ0) is 49.0. The average molecular weight is 943 g/mol. The van der Waals surface area contributed by atoms with E-state index in [1.807, 2.05) is 0 Å². The van der Waals surface area contributed by atoms with E-state index in [4.69, 9.17) is 4.42 Å². The lowest BCUT2D eigenvalue weighted by molar-refractivity contribution is 0.671. The topological polar surface area (TPSA) is 13.1 Å². The van der Waals surface area contributed by atoms with Crippen LogP contribution in [0.3, 0.4) is 0 Å². The minimum absolute atomic E-state index is 0.138. The van der Waals surface area contributed by atoms with Crippen LogP contribution in [0.15, 0.2) is 290 Å². The number of hydrogen-bond acceptors (Lipinski definition) is 1. The molecule has 12 aromatic carbocycles. The molecule has 0 saturated carbocycles. The van der Waals surface area contributed by atoms with E-state index >= 15 is 0 Å². The Bertz CT molecular complexity index is 4040. The highest BCUT2D eigenvalue weighted by molar-refractivity contribution is 6.15. The molecule has 0 bridgehead atoms. The van der Waals surface area contributed by atoms with Crippen molar-refractivity contribution in [3.8, 4) is 55.6 Å². The Morgan fingerprint density at radius 1 is 0.270 bits per heavy atom. The van der Waals surface area contributed by atoms with Crippen molar-refractivity contribution in [2.75, 3.05) is 0 Å². The molecular formula is C73H50O. The smallest absolute Gasteiger partial charge is 0.143 e. The molecule has 0 N–H and O–H groups in total. The summed E-state index contributed by atoms with van der Waals surface area (Å²) in [5.41, 5.74) is 22.3. The van der Waals surface area contributed by atoms with Gasteiger partial charge in [0.2, 0.25) is 0 Å². The van der Waals surface area contributed by atoms with Gasteiger partial charge in [0.1, 0.15) is 11.2 Å². The first-order valence-corrected chi connectivity index (χ1v) is 25.8. The summed E-state index contributed by atoms with van der Waals surface area (Å²) < 4.78 is 7.18. The maximum Gasteiger partial charge on any atom is 0.143 e.